The number of ether oxygens (including phenoxy) is 1. The number of amides is 2. The lowest BCUT2D eigenvalue weighted by molar-refractivity contribution is -0.137. The van der Waals surface area contributed by atoms with Crippen LogP contribution in [0.4, 0.5) is 5.82 Å². The van der Waals surface area contributed by atoms with E-state index in [-0.39, 0.29) is 41.6 Å². The van der Waals surface area contributed by atoms with E-state index in [1.54, 1.807) is 0 Å². The third-order valence-electron chi connectivity index (χ3n) is 9.79. The van der Waals surface area contributed by atoms with Gasteiger partial charge in [-0.05, 0) is 44.9 Å². The molecular formula is C39H64N7O17P3S. The summed E-state index contributed by atoms with van der Waals surface area (Å²) in [6.45, 7) is 2.72. The number of nitrogens with zero attached hydrogens (tertiary/aromatic N) is 4. The van der Waals surface area contributed by atoms with Crippen molar-refractivity contribution < 1.29 is 80.5 Å². The molecule has 1 aliphatic rings. The summed E-state index contributed by atoms with van der Waals surface area (Å²) < 4.78 is 62.4. The maximum absolute atomic E-state index is 12.7. The Kier molecular flexibility index (Phi) is 24.7. The Hall–Kier alpha value is -3.22. The smallest absolute Gasteiger partial charge is 0.386 e. The number of phosphoric acid groups is 3. The van der Waals surface area contributed by atoms with Crippen molar-refractivity contribution >= 4 is 69.1 Å². The monoisotopic (exact) mass is 1030 g/mol. The summed E-state index contributed by atoms with van der Waals surface area (Å²) in [7, 11) is -16.4. The van der Waals surface area contributed by atoms with E-state index in [2.05, 4.69) is 77.8 Å². The van der Waals surface area contributed by atoms with E-state index in [0.717, 1.165) is 67.5 Å². The maximum Gasteiger partial charge on any atom is 0.481 e. The molecule has 2 aromatic rings. The number of aliphatic hydroxyl groups excluding tert-OH is 2. The first kappa shape index (κ1) is 58.1. The fourth-order valence-corrected chi connectivity index (χ4v) is 9.74. The minimum Gasteiger partial charge on any atom is -0.386 e. The highest BCUT2D eigenvalue weighted by atomic mass is 32.2. The number of allylic oxidation sites excluding steroid dienone is 6. The van der Waals surface area contributed by atoms with Crippen molar-refractivity contribution in [2.45, 2.75) is 122 Å². The molecular weight excluding hydrogens is 963 g/mol. The van der Waals surface area contributed by atoms with Crippen LogP contribution < -0.4 is 16.4 Å². The largest absolute Gasteiger partial charge is 0.481 e. The van der Waals surface area contributed by atoms with Gasteiger partial charge in [-0.1, -0.05) is 81.8 Å². The Bertz CT molecular complexity index is 2140. The average molecular weight is 1030 g/mol. The Labute approximate surface area is 393 Å². The van der Waals surface area contributed by atoms with Gasteiger partial charge in [0.1, 0.15) is 36.3 Å². The Morgan fingerprint density at radius 2 is 1.55 bits per heavy atom. The van der Waals surface area contributed by atoms with Gasteiger partial charge in [0, 0.05) is 37.1 Å². The number of imidazole rings is 1. The number of carbonyl (C=O) groups excluding carboxylic acids is 3. The number of fused-ring (bicyclic) bond motifs is 1. The number of anilines is 1. The molecule has 0 radical (unpaired) electrons. The minimum absolute atomic E-state index is 0.0286. The molecule has 1 fully saturated rings. The number of phosphoric ester groups is 3. The number of thioether (sulfide) groups is 1. The number of nitrogens with two attached hydrogens (primary N) is 1. The molecule has 3 rings (SSSR count). The second kappa shape index (κ2) is 28.4. The molecule has 67 heavy (non-hydrogen) atoms. The summed E-state index contributed by atoms with van der Waals surface area (Å²) in [6.07, 6.45) is 15.7. The van der Waals surface area contributed by atoms with Crippen LogP contribution in [-0.4, -0.2) is 123 Å². The van der Waals surface area contributed by atoms with Crippen molar-refractivity contribution in [2.75, 3.05) is 37.8 Å². The Morgan fingerprint density at radius 3 is 2.21 bits per heavy atom. The van der Waals surface area contributed by atoms with Gasteiger partial charge in [-0.15, -0.1) is 0 Å². The molecule has 0 bridgehead atoms. The molecule has 0 saturated carbocycles. The molecule has 0 spiro atoms. The van der Waals surface area contributed by atoms with Crippen molar-refractivity contribution in [1.29, 1.82) is 0 Å². The summed E-state index contributed by atoms with van der Waals surface area (Å²) in [6, 6.07) is 0. The van der Waals surface area contributed by atoms with E-state index in [4.69, 9.17) is 19.5 Å². The molecule has 0 aromatic carbocycles. The zero-order valence-corrected chi connectivity index (χ0v) is 41.1. The van der Waals surface area contributed by atoms with Crippen LogP contribution in [0.1, 0.15) is 97.6 Å². The van der Waals surface area contributed by atoms with Crippen LogP contribution in [0, 0.1) is 5.41 Å². The van der Waals surface area contributed by atoms with Gasteiger partial charge >= 0.3 is 23.5 Å². The van der Waals surface area contributed by atoms with E-state index in [0.29, 0.717) is 12.2 Å². The Morgan fingerprint density at radius 1 is 0.910 bits per heavy atom. The topological polar surface area (TPSA) is 364 Å². The van der Waals surface area contributed by atoms with E-state index < -0.39 is 84.6 Å². The number of aliphatic hydroxyl groups is 2. The molecule has 2 aromatic heterocycles. The lowest BCUT2D eigenvalue weighted by Crippen LogP contribution is -2.46. The molecule has 28 heteroatoms. The van der Waals surface area contributed by atoms with Gasteiger partial charge in [0.15, 0.2) is 22.8 Å². The van der Waals surface area contributed by atoms with Crippen molar-refractivity contribution in [3.63, 3.8) is 0 Å². The van der Waals surface area contributed by atoms with Crippen LogP contribution in [0.15, 0.2) is 49.1 Å². The standard InChI is InChI=1S/C39H64N7O17P3S/c1-4-5-6-7-8-9-10-11-12-13-14-15-16-17-18-19-30(48)67-23-22-41-29(47)20-21-42-37(51)34(50)39(2,3)25-60-66(57,58)63-65(55,56)59-24-28-33(62-64(52,53)54)32(49)38(61-28)46-27-45-31-35(40)43-26-44-36(31)46/h8-9,11-12,14-15,26-28,32-34,38,49-50H,4-7,10,13,16-25H2,1-3H3,(H,41,47)(H,42,51)(H,55,56)(H,57,58)(H2,40,43,44)(H2,52,53,54)/b9-8-,12-11-,15-14-/t28-,32-,33-,34?,38-/m1/s1. The number of aromatic nitrogens is 4. The molecule has 2 amide bonds. The van der Waals surface area contributed by atoms with Crippen LogP contribution in [0.5, 0.6) is 0 Å². The minimum atomic E-state index is -5.58. The van der Waals surface area contributed by atoms with Crippen LogP contribution in [0.25, 0.3) is 11.2 Å². The summed E-state index contributed by atoms with van der Waals surface area (Å²) in [5, 5.41) is 26.6. The number of nitrogens with one attached hydrogen (secondary N) is 2. The first-order valence-electron chi connectivity index (χ1n) is 21.6. The van der Waals surface area contributed by atoms with Gasteiger partial charge in [0.05, 0.1) is 19.5 Å². The number of unbranched alkanes of at least 4 members (excludes halogenated alkanes) is 5. The molecule has 3 unspecified atom stereocenters. The van der Waals surface area contributed by atoms with Crippen molar-refractivity contribution in [3.8, 4) is 0 Å². The predicted molar refractivity (Wildman–Crippen MR) is 246 cm³/mol. The van der Waals surface area contributed by atoms with Crippen LogP contribution >= 0.6 is 35.2 Å². The lowest BCUT2D eigenvalue weighted by Gasteiger charge is -2.30. The van der Waals surface area contributed by atoms with E-state index in [1.165, 1.54) is 33.1 Å². The van der Waals surface area contributed by atoms with E-state index in [9.17, 15) is 57.9 Å². The van der Waals surface area contributed by atoms with Crippen molar-refractivity contribution in [2.24, 2.45) is 5.41 Å². The highest BCUT2D eigenvalue weighted by molar-refractivity contribution is 8.13. The quantitative estimate of drug-likeness (QED) is 0.0281. The van der Waals surface area contributed by atoms with E-state index >= 15 is 0 Å². The summed E-state index contributed by atoms with van der Waals surface area (Å²) in [5.41, 5.74) is 4.28. The zero-order chi connectivity index (χ0) is 49.7. The molecule has 0 aliphatic carbocycles. The molecule has 24 nitrogen and oxygen atoms in total. The maximum atomic E-state index is 12.7. The summed E-state index contributed by atoms with van der Waals surface area (Å²) >= 11 is 1.12. The fraction of sp³-hybridized carbons (Fsp3) is 0.641. The Balaban J connectivity index is 1.32. The van der Waals surface area contributed by atoms with Gasteiger partial charge in [0.25, 0.3) is 0 Å². The highest BCUT2D eigenvalue weighted by Gasteiger charge is 2.50. The third kappa shape index (κ3) is 21.5. The van der Waals surface area contributed by atoms with E-state index in [1.807, 2.05) is 0 Å². The highest BCUT2D eigenvalue weighted by Crippen LogP contribution is 2.61. The van der Waals surface area contributed by atoms with Gasteiger partial charge < -0.3 is 50.9 Å². The first-order chi connectivity index (χ1) is 31.6. The lowest BCUT2D eigenvalue weighted by atomic mass is 9.87. The average Bonchev–Trinajstić information content (AvgIpc) is 3.81. The van der Waals surface area contributed by atoms with Gasteiger partial charge in [-0.25, -0.2) is 28.6 Å². The number of nitrogen functional groups attached to an aromatic ring is 1. The molecule has 1 saturated heterocycles. The summed E-state index contributed by atoms with van der Waals surface area (Å²) in [4.78, 5) is 88.3. The third-order valence-corrected chi connectivity index (χ3v) is 13.8. The van der Waals surface area contributed by atoms with Gasteiger partial charge in [-0.3, -0.25) is 32.5 Å². The molecule has 10 N–H and O–H groups in total. The molecule has 7 atom stereocenters. The number of hydrogen-bond acceptors (Lipinski definition) is 18. The van der Waals surface area contributed by atoms with Crippen molar-refractivity contribution in [3.05, 3.63) is 49.1 Å². The second-order valence-electron chi connectivity index (χ2n) is 15.9. The van der Waals surface area contributed by atoms with Gasteiger partial charge in [0.2, 0.25) is 11.8 Å². The number of rotatable bonds is 32. The first-order valence-corrected chi connectivity index (χ1v) is 27.1. The molecule has 378 valence electrons. The SMILES string of the molecule is CCCCC/C=C\C/C=C\C/C=C\CCCCC(=O)SCCNC(=O)CCNC(=O)C(O)C(C)(C)COP(=O)(O)OP(=O)(O)OC[C@H]1O[C@@H](n2cnc3c(N)ncnc32)[C@H](O)[C@@H]1OP(=O)(O)O. The van der Waals surface area contributed by atoms with Crippen LogP contribution in [0.3, 0.4) is 0 Å². The van der Waals surface area contributed by atoms with Gasteiger partial charge in [-0.2, -0.15) is 4.31 Å². The van der Waals surface area contributed by atoms with Crippen LogP contribution in [0.2, 0.25) is 0 Å². The molecule has 1 aliphatic heterocycles. The molecule has 3 heterocycles. The number of carbonyl (C=O) groups is 3. The zero-order valence-electron chi connectivity index (χ0n) is 37.6. The fourth-order valence-electron chi connectivity index (χ4n) is 6.19. The van der Waals surface area contributed by atoms with Crippen LogP contribution in [-0.2, 0) is 50.7 Å². The normalized spacial score (nSPS) is 20.4. The summed E-state index contributed by atoms with van der Waals surface area (Å²) in [5.74, 6) is -1.07. The number of hydrogen-bond donors (Lipinski definition) is 9. The van der Waals surface area contributed by atoms with Crippen molar-refractivity contribution in [1.82, 2.24) is 30.2 Å². The second-order valence-corrected chi connectivity index (χ2v) is 21.3. The predicted octanol–water partition coefficient (Wildman–Crippen LogP) is 4.25.